The molecular formula is C27H22N3. The lowest BCUT2D eigenvalue weighted by molar-refractivity contribution is 0.856. The Labute approximate surface area is 178 Å². The summed E-state index contributed by atoms with van der Waals surface area (Å²) in [5.74, 6) is 2.93. The molecule has 3 nitrogen and oxygen atoms in total. The summed E-state index contributed by atoms with van der Waals surface area (Å²) in [6, 6.07) is 24.8. The second kappa shape index (κ2) is 8.27. The van der Waals surface area contributed by atoms with E-state index < -0.39 is 0 Å². The predicted octanol–water partition coefficient (Wildman–Crippen LogP) is 5.69. The number of amidine groups is 1. The molecule has 3 aromatic rings. The first-order valence-corrected chi connectivity index (χ1v) is 10.1. The third-order valence-electron chi connectivity index (χ3n) is 5.39. The van der Waals surface area contributed by atoms with Crippen LogP contribution in [0.15, 0.2) is 95.8 Å². The average Bonchev–Trinajstić information content (AvgIpc) is 3.35. The second-order valence-corrected chi connectivity index (χ2v) is 7.37. The Balaban J connectivity index is 1.70. The van der Waals surface area contributed by atoms with E-state index in [0.29, 0.717) is 0 Å². The minimum atomic E-state index is -0.0642. The van der Waals surface area contributed by atoms with Crippen LogP contribution in [-0.4, -0.2) is 10.8 Å². The van der Waals surface area contributed by atoms with E-state index in [1.54, 1.807) is 0 Å². The smallest absolute Gasteiger partial charge is 0.142 e. The van der Waals surface area contributed by atoms with Crippen molar-refractivity contribution in [2.45, 2.75) is 13.0 Å². The highest BCUT2D eigenvalue weighted by molar-refractivity contribution is 6.13. The first-order chi connectivity index (χ1) is 14.8. The lowest BCUT2D eigenvalue weighted by Crippen LogP contribution is -2.37. The van der Waals surface area contributed by atoms with E-state index in [1.165, 1.54) is 11.1 Å². The van der Waals surface area contributed by atoms with Crippen LogP contribution in [0, 0.1) is 38.5 Å². The topological polar surface area (TPSA) is 28.5 Å². The molecule has 1 aliphatic carbocycles. The van der Waals surface area contributed by atoms with E-state index in [4.69, 9.17) is 4.99 Å². The summed E-state index contributed by atoms with van der Waals surface area (Å²) >= 11 is 0. The molecule has 145 valence electrons. The highest BCUT2D eigenvalue weighted by Crippen LogP contribution is 2.40. The van der Waals surface area contributed by atoms with Gasteiger partial charge in [-0.1, -0.05) is 60.7 Å². The van der Waals surface area contributed by atoms with Crippen LogP contribution in [0.5, 0.6) is 0 Å². The van der Waals surface area contributed by atoms with Crippen molar-refractivity contribution >= 4 is 11.7 Å². The van der Waals surface area contributed by atoms with Crippen molar-refractivity contribution in [1.82, 2.24) is 4.98 Å². The summed E-state index contributed by atoms with van der Waals surface area (Å²) in [6.07, 6.45) is 12.5. The SMILES string of the molecule is Cc1ccccc1C1=NC(c2ccccc2)C=C([C]2[CH][CH][CH][CH]2)N1c1ccccn1. The fraction of sp³-hybridized carbons (Fsp3) is 0.0741. The Morgan fingerprint density at radius 3 is 2.27 bits per heavy atom. The van der Waals surface area contributed by atoms with Gasteiger partial charge in [0.1, 0.15) is 11.7 Å². The van der Waals surface area contributed by atoms with Crippen LogP contribution in [0.3, 0.4) is 0 Å². The molecule has 2 aromatic carbocycles. The van der Waals surface area contributed by atoms with E-state index in [0.717, 1.165) is 28.8 Å². The fourth-order valence-electron chi connectivity index (χ4n) is 3.89. The van der Waals surface area contributed by atoms with Crippen LogP contribution in [-0.2, 0) is 0 Å². The number of aromatic nitrogens is 1. The van der Waals surface area contributed by atoms with E-state index in [2.05, 4.69) is 97.1 Å². The summed E-state index contributed by atoms with van der Waals surface area (Å²) in [6.45, 7) is 2.13. The van der Waals surface area contributed by atoms with Gasteiger partial charge < -0.3 is 0 Å². The van der Waals surface area contributed by atoms with E-state index in [9.17, 15) is 0 Å². The van der Waals surface area contributed by atoms with Crippen molar-refractivity contribution in [3.8, 4) is 0 Å². The highest BCUT2D eigenvalue weighted by atomic mass is 15.3. The summed E-state index contributed by atoms with van der Waals surface area (Å²) in [7, 11) is 0. The van der Waals surface area contributed by atoms with Gasteiger partial charge >= 0.3 is 0 Å². The third-order valence-corrected chi connectivity index (χ3v) is 5.39. The van der Waals surface area contributed by atoms with Gasteiger partial charge in [-0.2, -0.15) is 0 Å². The number of aliphatic imine (C=N–C) groups is 1. The summed E-state index contributed by atoms with van der Waals surface area (Å²) in [5, 5.41) is 0. The van der Waals surface area contributed by atoms with Crippen LogP contribution in [0.25, 0.3) is 0 Å². The van der Waals surface area contributed by atoms with Crippen molar-refractivity contribution in [1.29, 1.82) is 0 Å². The maximum atomic E-state index is 5.23. The zero-order valence-electron chi connectivity index (χ0n) is 16.8. The molecule has 5 rings (SSSR count). The van der Waals surface area contributed by atoms with Crippen LogP contribution in [0.4, 0.5) is 5.82 Å². The fourth-order valence-corrected chi connectivity index (χ4v) is 3.89. The second-order valence-electron chi connectivity index (χ2n) is 7.37. The first-order valence-electron chi connectivity index (χ1n) is 10.1. The molecule has 1 aliphatic heterocycles. The molecule has 1 unspecified atom stereocenters. The molecule has 1 aromatic heterocycles. The van der Waals surface area contributed by atoms with E-state index in [-0.39, 0.29) is 6.04 Å². The molecule has 1 saturated carbocycles. The normalized spacial score (nSPS) is 19.5. The quantitative estimate of drug-likeness (QED) is 0.575. The van der Waals surface area contributed by atoms with Crippen LogP contribution >= 0.6 is 0 Å². The molecule has 2 aliphatic rings. The molecule has 0 saturated heterocycles. The van der Waals surface area contributed by atoms with E-state index in [1.807, 2.05) is 30.5 Å². The van der Waals surface area contributed by atoms with Gasteiger partial charge in [0.05, 0.1) is 6.04 Å². The zero-order chi connectivity index (χ0) is 20.3. The van der Waals surface area contributed by atoms with Gasteiger partial charge in [-0.3, -0.25) is 9.89 Å². The average molecular weight is 388 g/mol. The molecular weight excluding hydrogens is 366 g/mol. The van der Waals surface area contributed by atoms with Crippen LogP contribution in [0.2, 0.25) is 0 Å². The third kappa shape index (κ3) is 3.56. The Kier molecular flexibility index (Phi) is 5.18. The van der Waals surface area contributed by atoms with Crippen molar-refractivity contribution in [3.05, 3.63) is 139 Å². The predicted molar refractivity (Wildman–Crippen MR) is 122 cm³/mol. The molecule has 0 N–H and O–H groups in total. The van der Waals surface area contributed by atoms with E-state index >= 15 is 0 Å². The number of allylic oxidation sites excluding steroid dienone is 1. The number of anilines is 1. The largest absolute Gasteiger partial charge is 0.282 e. The first kappa shape index (κ1) is 18.8. The molecule has 5 radical (unpaired) electrons. The molecule has 0 spiro atoms. The standard InChI is InChI=1S/C27H22N3/c1-20-11-5-8-16-23(20)27-29-24(21-12-3-2-4-13-21)19-25(22-14-6-7-15-22)30(27)26-17-9-10-18-28-26/h2-19,24H,1H3. The number of nitrogens with zero attached hydrogens (tertiary/aromatic N) is 3. The van der Waals surface area contributed by atoms with Crippen molar-refractivity contribution < 1.29 is 0 Å². The van der Waals surface area contributed by atoms with Gasteiger partial charge in [-0.25, -0.2) is 4.98 Å². The van der Waals surface area contributed by atoms with Gasteiger partial charge in [0.15, 0.2) is 0 Å². The molecule has 0 bridgehead atoms. The summed E-state index contributed by atoms with van der Waals surface area (Å²) < 4.78 is 0. The highest BCUT2D eigenvalue weighted by Gasteiger charge is 2.34. The van der Waals surface area contributed by atoms with Crippen LogP contribution < -0.4 is 4.90 Å². The molecule has 3 heteroatoms. The molecule has 1 atom stereocenters. The number of aryl methyl sites for hydroxylation is 1. The Morgan fingerprint density at radius 2 is 1.53 bits per heavy atom. The van der Waals surface area contributed by atoms with Gasteiger partial charge in [-0.05, 0) is 61.9 Å². The molecule has 2 heterocycles. The number of hydrogen-bond acceptors (Lipinski definition) is 3. The lowest BCUT2D eigenvalue weighted by atomic mass is 9.94. The Hall–Kier alpha value is -3.20. The van der Waals surface area contributed by atoms with Gasteiger partial charge in [-0.15, -0.1) is 0 Å². The maximum absolute atomic E-state index is 5.23. The number of pyridine rings is 1. The minimum Gasteiger partial charge on any atom is -0.282 e. The Bertz CT molecular complexity index is 1060. The minimum absolute atomic E-state index is 0.0642. The van der Waals surface area contributed by atoms with Crippen LogP contribution in [0.1, 0.15) is 22.7 Å². The lowest BCUT2D eigenvalue weighted by Gasteiger charge is -2.36. The zero-order valence-corrected chi connectivity index (χ0v) is 16.8. The molecule has 30 heavy (non-hydrogen) atoms. The number of rotatable bonds is 4. The molecule has 0 amide bonds. The summed E-state index contributed by atoms with van der Waals surface area (Å²) in [4.78, 5) is 12.1. The maximum Gasteiger partial charge on any atom is 0.142 e. The summed E-state index contributed by atoms with van der Waals surface area (Å²) in [5.41, 5.74) is 4.57. The van der Waals surface area contributed by atoms with Gasteiger partial charge in [0, 0.05) is 23.4 Å². The van der Waals surface area contributed by atoms with Crippen molar-refractivity contribution in [2.75, 3.05) is 4.90 Å². The number of hydrogen-bond donors (Lipinski definition) is 0. The monoisotopic (exact) mass is 388 g/mol. The van der Waals surface area contributed by atoms with Gasteiger partial charge in [0.25, 0.3) is 0 Å². The molecule has 1 fully saturated rings. The number of benzene rings is 2. The van der Waals surface area contributed by atoms with Crippen molar-refractivity contribution in [2.24, 2.45) is 4.99 Å². The Morgan fingerprint density at radius 1 is 0.800 bits per heavy atom. The van der Waals surface area contributed by atoms with Gasteiger partial charge in [0.2, 0.25) is 0 Å². The van der Waals surface area contributed by atoms with Crippen molar-refractivity contribution in [3.63, 3.8) is 0 Å².